The van der Waals surface area contributed by atoms with E-state index in [4.69, 9.17) is 11.2 Å². The minimum absolute atomic E-state index is 0.0193. The topological polar surface area (TPSA) is 84.5 Å². The van der Waals surface area contributed by atoms with Gasteiger partial charge in [-0.2, -0.15) is 0 Å². The van der Waals surface area contributed by atoms with Gasteiger partial charge in [0.2, 0.25) is 10.0 Å². The Bertz CT molecular complexity index is 974. The fourth-order valence-electron chi connectivity index (χ4n) is 2.59. The monoisotopic (exact) mass is 398 g/mol. The maximum absolute atomic E-state index is 12.4. The Labute approximate surface area is 165 Å². The molecule has 1 amide bonds. The Hall–Kier alpha value is -2.82. The van der Waals surface area contributed by atoms with Gasteiger partial charge in [-0.1, -0.05) is 24.1 Å². The molecule has 0 aromatic heterocycles. The number of terminal acetylenes is 1. The zero-order chi connectivity index (χ0) is 20.0. The molecule has 0 radical (unpaired) electrons. The van der Waals surface area contributed by atoms with Crippen LogP contribution in [0.1, 0.15) is 28.8 Å². The van der Waals surface area contributed by atoms with Crippen LogP contribution >= 0.6 is 0 Å². The van der Waals surface area contributed by atoms with Crippen molar-refractivity contribution >= 4 is 15.9 Å². The minimum Gasteiger partial charge on any atom is -0.481 e. The van der Waals surface area contributed by atoms with Crippen molar-refractivity contribution in [3.8, 4) is 18.1 Å². The third-order valence-electron chi connectivity index (χ3n) is 4.25. The van der Waals surface area contributed by atoms with E-state index < -0.39 is 10.0 Å². The summed E-state index contributed by atoms with van der Waals surface area (Å²) in [6.45, 7) is 0.654. The summed E-state index contributed by atoms with van der Waals surface area (Å²) in [4.78, 5) is 12.5. The van der Waals surface area contributed by atoms with E-state index in [0.717, 1.165) is 18.4 Å². The van der Waals surface area contributed by atoms with E-state index in [1.54, 1.807) is 12.1 Å². The Morgan fingerprint density at radius 2 is 1.93 bits per heavy atom. The zero-order valence-corrected chi connectivity index (χ0v) is 16.2. The lowest BCUT2D eigenvalue weighted by molar-refractivity contribution is 0.0954. The maximum Gasteiger partial charge on any atom is 0.251 e. The SMILES string of the molecule is C#CCOc1ccc(CCNC(=O)c2cccc(S(=O)(=O)NC3CC3)c2)cc1. The van der Waals surface area contributed by atoms with E-state index >= 15 is 0 Å². The van der Waals surface area contributed by atoms with Gasteiger partial charge < -0.3 is 10.1 Å². The Kier molecular flexibility index (Phi) is 6.34. The highest BCUT2D eigenvalue weighted by molar-refractivity contribution is 7.89. The lowest BCUT2D eigenvalue weighted by Crippen LogP contribution is -2.28. The Morgan fingerprint density at radius 3 is 2.61 bits per heavy atom. The number of amides is 1. The number of hydrogen-bond acceptors (Lipinski definition) is 4. The van der Waals surface area contributed by atoms with Gasteiger partial charge >= 0.3 is 0 Å². The van der Waals surface area contributed by atoms with Crippen molar-refractivity contribution in [1.82, 2.24) is 10.0 Å². The summed E-state index contributed by atoms with van der Waals surface area (Å²) in [6.07, 6.45) is 7.51. The Morgan fingerprint density at radius 1 is 1.18 bits per heavy atom. The number of ether oxygens (including phenoxy) is 1. The summed E-state index contributed by atoms with van der Waals surface area (Å²) in [5.41, 5.74) is 1.36. The fourth-order valence-corrected chi connectivity index (χ4v) is 3.94. The van der Waals surface area contributed by atoms with Crippen molar-refractivity contribution in [2.75, 3.05) is 13.2 Å². The molecule has 2 N–H and O–H groups in total. The van der Waals surface area contributed by atoms with Crippen LogP contribution in [0, 0.1) is 12.3 Å². The molecule has 3 rings (SSSR count). The van der Waals surface area contributed by atoms with Crippen molar-refractivity contribution in [3.05, 3.63) is 59.7 Å². The standard InChI is InChI=1S/C21H22N2O4S/c1-2-14-27-19-10-6-16(7-11-19)12-13-22-21(24)17-4-3-5-20(15-17)28(25,26)23-18-8-9-18/h1,3-7,10-11,15,18,23H,8-9,12-14H2,(H,22,24). The zero-order valence-electron chi connectivity index (χ0n) is 15.4. The summed E-state index contributed by atoms with van der Waals surface area (Å²) < 4.78 is 32.5. The highest BCUT2D eigenvalue weighted by atomic mass is 32.2. The van der Waals surface area contributed by atoms with E-state index in [1.165, 1.54) is 12.1 Å². The first-order valence-corrected chi connectivity index (χ1v) is 10.5. The van der Waals surface area contributed by atoms with E-state index in [-0.39, 0.29) is 23.5 Å². The van der Waals surface area contributed by atoms with Crippen LogP contribution in [0.3, 0.4) is 0 Å². The molecule has 7 heteroatoms. The van der Waals surface area contributed by atoms with E-state index in [0.29, 0.717) is 24.3 Å². The van der Waals surface area contributed by atoms with Crippen LogP contribution in [0.15, 0.2) is 53.4 Å². The average Bonchev–Trinajstić information content (AvgIpc) is 3.50. The van der Waals surface area contributed by atoms with Gasteiger partial charge in [0.25, 0.3) is 5.91 Å². The number of hydrogen-bond donors (Lipinski definition) is 2. The fraction of sp³-hybridized carbons (Fsp3) is 0.286. The van der Waals surface area contributed by atoms with Crippen LogP contribution in [-0.4, -0.2) is 33.5 Å². The first-order chi connectivity index (χ1) is 13.5. The van der Waals surface area contributed by atoms with Crippen LogP contribution < -0.4 is 14.8 Å². The second kappa shape index (κ2) is 8.91. The van der Waals surface area contributed by atoms with Crippen LogP contribution in [0.5, 0.6) is 5.75 Å². The highest BCUT2D eigenvalue weighted by Crippen LogP contribution is 2.22. The lowest BCUT2D eigenvalue weighted by atomic mass is 10.1. The number of rotatable bonds is 9. The molecule has 1 aliphatic carbocycles. The molecule has 0 aliphatic heterocycles. The predicted octanol–water partition coefficient (Wildman–Crippen LogP) is 2.11. The molecule has 1 fully saturated rings. The largest absolute Gasteiger partial charge is 0.481 e. The van der Waals surface area contributed by atoms with Crippen LogP contribution in [0.25, 0.3) is 0 Å². The second-order valence-electron chi connectivity index (χ2n) is 6.57. The summed E-state index contributed by atoms with van der Waals surface area (Å²) in [7, 11) is -3.58. The second-order valence-corrected chi connectivity index (χ2v) is 8.28. The van der Waals surface area contributed by atoms with Crippen molar-refractivity contribution < 1.29 is 17.9 Å². The molecule has 1 aliphatic rings. The van der Waals surface area contributed by atoms with Gasteiger partial charge in [0.05, 0.1) is 4.90 Å². The van der Waals surface area contributed by atoms with Crippen LogP contribution in [-0.2, 0) is 16.4 Å². The van der Waals surface area contributed by atoms with Gasteiger partial charge in [-0.05, 0) is 55.2 Å². The summed E-state index contributed by atoms with van der Waals surface area (Å²) >= 11 is 0. The molecular formula is C21H22N2O4S. The number of benzene rings is 2. The van der Waals surface area contributed by atoms with Crippen molar-refractivity contribution in [3.63, 3.8) is 0 Å². The maximum atomic E-state index is 12.4. The van der Waals surface area contributed by atoms with Crippen LogP contribution in [0.2, 0.25) is 0 Å². The van der Waals surface area contributed by atoms with E-state index in [1.807, 2.05) is 24.3 Å². The third kappa shape index (κ3) is 5.59. The lowest BCUT2D eigenvalue weighted by Gasteiger charge is -2.09. The van der Waals surface area contributed by atoms with Gasteiger partial charge in [-0.25, -0.2) is 13.1 Å². The molecule has 0 atom stereocenters. The van der Waals surface area contributed by atoms with Gasteiger partial charge in [0.1, 0.15) is 12.4 Å². The first kappa shape index (κ1) is 19.9. The molecule has 0 saturated heterocycles. The normalized spacial score (nSPS) is 13.5. The summed E-state index contributed by atoms with van der Waals surface area (Å²) in [6, 6.07) is 13.6. The molecule has 0 bridgehead atoms. The van der Waals surface area contributed by atoms with Gasteiger partial charge in [-0.15, -0.1) is 6.42 Å². The highest BCUT2D eigenvalue weighted by Gasteiger charge is 2.28. The molecule has 2 aromatic rings. The average molecular weight is 398 g/mol. The van der Waals surface area contributed by atoms with Gasteiger partial charge in [-0.3, -0.25) is 4.79 Å². The molecule has 0 spiro atoms. The predicted molar refractivity (Wildman–Crippen MR) is 107 cm³/mol. The van der Waals surface area contributed by atoms with Crippen molar-refractivity contribution in [2.45, 2.75) is 30.2 Å². The van der Waals surface area contributed by atoms with Crippen LogP contribution in [0.4, 0.5) is 0 Å². The molecule has 0 unspecified atom stereocenters. The first-order valence-electron chi connectivity index (χ1n) is 9.04. The number of carbonyl (C=O) groups is 1. The molecule has 1 saturated carbocycles. The molecular weight excluding hydrogens is 376 g/mol. The van der Waals surface area contributed by atoms with Gasteiger partial charge in [0, 0.05) is 18.2 Å². The number of carbonyl (C=O) groups excluding carboxylic acids is 1. The molecule has 6 nitrogen and oxygen atoms in total. The minimum atomic E-state index is -3.58. The van der Waals surface area contributed by atoms with E-state index in [9.17, 15) is 13.2 Å². The smallest absolute Gasteiger partial charge is 0.251 e. The third-order valence-corrected chi connectivity index (χ3v) is 5.77. The molecule has 28 heavy (non-hydrogen) atoms. The molecule has 0 heterocycles. The number of sulfonamides is 1. The Balaban J connectivity index is 1.53. The van der Waals surface area contributed by atoms with Crippen molar-refractivity contribution in [2.24, 2.45) is 0 Å². The summed E-state index contributed by atoms with van der Waals surface area (Å²) in [5, 5.41) is 2.82. The van der Waals surface area contributed by atoms with E-state index in [2.05, 4.69) is 16.0 Å². The van der Waals surface area contributed by atoms with Crippen molar-refractivity contribution in [1.29, 1.82) is 0 Å². The number of nitrogens with one attached hydrogen (secondary N) is 2. The van der Waals surface area contributed by atoms with Gasteiger partial charge in [0.15, 0.2) is 0 Å². The molecule has 2 aromatic carbocycles. The quantitative estimate of drug-likeness (QED) is 0.634. The summed E-state index contributed by atoms with van der Waals surface area (Å²) in [5.74, 6) is 2.80. The molecule has 146 valence electrons.